The summed E-state index contributed by atoms with van der Waals surface area (Å²) in [7, 11) is 3.36. The van der Waals surface area contributed by atoms with E-state index in [1.165, 1.54) is 0 Å². The number of pyridine rings is 1. The molecule has 0 aromatic carbocycles. The van der Waals surface area contributed by atoms with E-state index in [4.69, 9.17) is 20.4 Å². The molecule has 0 spiro atoms. The molecule has 1 aliphatic rings. The average molecular weight is 412 g/mol. The molecule has 0 unspecified atom stereocenters. The Morgan fingerprint density at radius 2 is 2.13 bits per heavy atom. The standard InChI is InChI=1S/C21H28N6O3/c1-23-11-16-10-15(12-25-19(16)22)18-20(26-17(13-24-18)4-3-9-30-2)27-7-5-14(6-8-27)21(28)29/h10-14H,3-9H2,1-2H3,(H2,22,25)(H,28,29). The summed E-state index contributed by atoms with van der Waals surface area (Å²) in [4.78, 5) is 31.3. The van der Waals surface area contributed by atoms with E-state index in [1.54, 1.807) is 32.8 Å². The van der Waals surface area contributed by atoms with E-state index in [9.17, 15) is 9.90 Å². The fourth-order valence-electron chi connectivity index (χ4n) is 3.56. The first-order chi connectivity index (χ1) is 14.5. The van der Waals surface area contributed by atoms with Crippen molar-refractivity contribution in [3.63, 3.8) is 0 Å². The van der Waals surface area contributed by atoms with Crippen molar-refractivity contribution in [3.05, 3.63) is 29.7 Å². The number of carboxylic acids is 1. The van der Waals surface area contributed by atoms with Crippen LogP contribution >= 0.6 is 0 Å². The smallest absolute Gasteiger partial charge is 0.306 e. The molecule has 0 atom stereocenters. The van der Waals surface area contributed by atoms with Gasteiger partial charge in [-0.1, -0.05) is 0 Å². The van der Waals surface area contributed by atoms with Crippen LogP contribution < -0.4 is 10.6 Å². The van der Waals surface area contributed by atoms with Gasteiger partial charge >= 0.3 is 5.97 Å². The molecule has 9 heteroatoms. The molecule has 0 aliphatic carbocycles. The van der Waals surface area contributed by atoms with Gasteiger partial charge in [0.2, 0.25) is 0 Å². The van der Waals surface area contributed by atoms with Gasteiger partial charge in [0.05, 0.1) is 11.6 Å². The maximum Gasteiger partial charge on any atom is 0.306 e. The number of nitrogen functional groups attached to an aromatic ring is 1. The molecule has 160 valence electrons. The van der Waals surface area contributed by atoms with E-state index < -0.39 is 5.97 Å². The molecule has 2 aromatic heterocycles. The molecule has 1 saturated heterocycles. The zero-order chi connectivity index (χ0) is 21.5. The summed E-state index contributed by atoms with van der Waals surface area (Å²) < 4.78 is 5.14. The largest absolute Gasteiger partial charge is 0.481 e. The Labute approximate surface area is 176 Å². The third-order valence-corrected chi connectivity index (χ3v) is 5.22. The van der Waals surface area contributed by atoms with Gasteiger partial charge in [-0.05, 0) is 31.7 Å². The number of aliphatic imine (C=N–C) groups is 1. The molecular weight excluding hydrogens is 384 g/mol. The molecule has 2 aromatic rings. The topological polar surface area (TPSA) is 127 Å². The number of aliphatic carboxylic acids is 1. The van der Waals surface area contributed by atoms with Crippen molar-refractivity contribution in [3.8, 4) is 11.3 Å². The van der Waals surface area contributed by atoms with Crippen LogP contribution in [0.25, 0.3) is 11.3 Å². The zero-order valence-corrected chi connectivity index (χ0v) is 17.4. The normalized spacial score (nSPS) is 15.1. The zero-order valence-electron chi connectivity index (χ0n) is 17.4. The number of hydrogen-bond donors (Lipinski definition) is 2. The third kappa shape index (κ3) is 5.10. The number of aryl methyl sites for hydroxylation is 1. The van der Waals surface area contributed by atoms with Gasteiger partial charge < -0.3 is 20.5 Å². The Morgan fingerprint density at radius 3 is 2.80 bits per heavy atom. The van der Waals surface area contributed by atoms with Crippen molar-refractivity contribution < 1.29 is 14.6 Å². The lowest BCUT2D eigenvalue weighted by Gasteiger charge is -2.32. The van der Waals surface area contributed by atoms with Crippen LogP contribution in [0.15, 0.2) is 23.5 Å². The second-order valence-corrected chi connectivity index (χ2v) is 7.32. The minimum absolute atomic E-state index is 0.312. The van der Waals surface area contributed by atoms with Crippen molar-refractivity contribution in [2.75, 3.05) is 44.5 Å². The number of nitrogens with two attached hydrogens (primary N) is 1. The number of piperidine rings is 1. The quantitative estimate of drug-likeness (QED) is 0.498. The van der Waals surface area contributed by atoms with Crippen molar-refractivity contribution in [1.29, 1.82) is 0 Å². The second kappa shape index (κ2) is 10.1. The maximum atomic E-state index is 11.3. The Kier molecular flexibility index (Phi) is 7.29. The first kappa shape index (κ1) is 21.6. The molecule has 0 saturated carbocycles. The minimum Gasteiger partial charge on any atom is -0.481 e. The van der Waals surface area contributed by atoms with Crippen LogP contribution in [0.3, 0.4) is 0 Å². The fraction of sp³-hybridized carbons (Fsp3) is 0.476. The third-order valence-electron chi connectivity index (χ3n) is 5.22. The number of carbonyl (C=O) groups is 1. The summed E-state index contributed by atoms with van der Waals surface area (Å²) in [5.74, 6) is 0.102. The molecule has 0 radical (unpaired) electrons. The lowest BCUT2D eigenvalue weighted by molar-refractivity contribution is -0.142. The highest BCUT2D eigenvalue weighted by atomic mass is 16.5. The molecule has 3 rings (SSSR count). The highest BCUT2D eigenvalue weighted by Crippen LogP contribution is 2.31. The number of hydrogen-bond acceptors (Lipinski definition) is 8. The molecule has 3 N–H and O–H groups in total. The summed E-state index contributed by atoms with van der Waals surface area (Å²) in [6.45, 7) is 1.89. The van der Waals surface area contributed by atoms with Crippen LogP contribution in [0.2, 0.25) is 0 Å². The molecule has 30 heavy (non-hydrogen) atoms. The van der Waals surface area contributed by atoms with E-state index >= 15 is 0 Å². The molecule has 3 heterocycles. The second-order valence-electron chi connectivity index (χ2n) is 7.32. The first-order valence-corrected chi connectivity index (χ1v) is 10.0. The van der Waals surface area contributed by atoms with Crippen LogP contribution in [0.5, 0.6) is 0 Å². The Bertz CT molecular complexity index is 910. The summed E-state index contributed by atoms with van der Waals surface area (Å²) in [5.41, 5.74) is 9.06. The van der Waals surface area contributed by atoms with Gasteiger partial charge in [0.25, 0.3) is 0 Å². The van der Waals surface area contributed by atoms with Gasteiger partial charge in [-0.15, -0.1) is 0 Å². The van der Waals surface area contributed by atoms with E-state index in [2.05, 4.69) is 14.9 Å². The van der Waals surface area contributed by atoms with Gasteiger partial charge in [0.1, 0.15) is 11.5 Å². The molecule has 0 amide bonds. The van der Waals surface area contributed by atoms with Crippen molar-refractivity contribution in [2.45, 2.75) is 25.7 Å². The molecule has 1 fully saturated rings. The van der Waals surface area contributed by atoms with Crippen LogP contribution in [-0.4, -0.2) is 66.1 Å². The minimum atomic E-state index is -0.736. The predicted octanol–water partition coefficient (Wildman–Crippen LogP) is 2.05. The van der Waals surface area contributed by atoms with E-state index in [0.717, 1.165) is 35.5 Å². The molecular formula is C21H28N6O3. The van der Waals surface area contributed by atoms with Gasteiger partial charge in [0, 0.05) is 63.6 Å². The van der Waals surface area contributed by atoms with Gasteiger partial charge in [-0.25, -0.2) is 9.97 Å². The first-order valence-electron chi connectivity index (χ1n) is 10.0. The van der Waals surface area contributed by atoms with Crippen molar-refractivity contribution >= 4 is 23.8 Å². The lowest BCUT2D eigenvalue weighted by atomic mass is 9.97. The SMILES string of the molecule is CN=Cc1cc(-c2ncc(CCCOC)nc2N2CCC(C(=O)O)CC2)cnc1N. The maximum absolute atomic E-state index is 11.3. The van der Waals surface area contributed by atoms with Crippen LogP contribution in [0.4, 0.5) is 11.6 Å². The fourth-order valence-corrected chi connectivity index (χ4v) is 3.56. The Balaban J connectivity index is 1.96. The van der Waals surface area contributed by atoms with Crippen LogP contribution in [0.1, 0.15) is 30.5 Å². The van der Waals surface area contributed by atoms with E-state index in [-0.39, 0.29) is 5.92 Å². The number of anilines is 2. The monoisotopic (exact) mass is 412 g/mol. The Hall–Kier alpha value is -3.07. The highest BCUT2D eigenvalue weighted by molar-refractivity contribution is 5.88. The number of nitrogens with zero attached hydrogens (tertiary/aromatic N) is 5. The molecule has 1 aliphatic heterocycles. The van der Waals surface area contributed by atoms with Crippen molar-refractivity contribution in [1.82, 2.24) is 15.0 Å². The number of rotatable bonds is 8. The summed E-state index contributed by atoms with van der Waals surface area (Å²) in [6, 6.07) is 1.90. The van der Waals surface area contributed by atoms with Gasteiger partial charge in [-0.2, -0.15) is 0 Å². The van der Waals surface area contributed by atoms with Gasteiger partial charge in [-0.3, -0.25) is 14.8 Å². The van der Waals surface area contributed by atoms with Gasteiger partial charge in [0.15, 0.2) is 5.82 Å². The molecule has 9 nitrogen and oxygen atoms in total. The van der Waals surface area contributed by atoms with E-state index in [1.807, 2.05) is 6.07 Å². The summed E-state index contributed by atoms with van der Waals surface area (Å²) in [6.07, 6.45) is 7.90. The van der Waals surface area contributed by atoms with Crippen LogP contribution in [-0.2, 0) is 16.0 Å². The predicted molar refractivity (Wildman–Crippen MR) is 116 cm³/mol. The lowest BCUT2D eigenvalue weighted by Crippen LogP contribution is -2.37. The highest BCUT2D eigenvalue weighted by Gasteiger charge is 2.27. The number of carboxylic acid groups (broad SMARTS) is 1. The van der Waals surface area contributed by atoms with E-state index in [0.29, 0.717) is 44.0 Å². The average Bonchev–Trinajstić information content (AvgIpc) is 2.76. The number of aromatic nitrogens is 3. The summed E-state index contributed by atoms with van der Waals surface area (Å²) in [5, 5.41) is 9.31. The number of methoxy groups -OCH3 is 1. The van der Waals surface area contributed by atoms with Crippen molar-refractivity contribution in [2.24, 2.45) is 10.9 Å². The number of ether oxygens (including phenoxy) is 1. The molecule has 0 bridgehead atoms. The summed E-state index contributed by atoms with van der Waals surface area (Å²) >= 11 is 0. The Morgan fingerprint density at radius 1 is 1.37 bits per heavy atom. The van der Waals surface area contributed by atoms with Crippen LogP contribution in [0, 0.1) is 5.92 Å².